The number of carbonyl (C=O) groups is 1. The zero-order chi connectivity index (χ0) is 22.3. The number of aromatic nitrogens is 4. The zero-order valence-corrected chi connectivity index (χ0v) is 17.9. The smallest absolute Gasteiger partial charge is 0.289 e. The molecule has 2 heterocycles. The van der Waals surface area contributed by atoms with Crippen molar-refractivity contribution in [3.63, 3.8) is 0 Å². The topological polar surface area (TPSA) is 101 Å². The van der Waals surface area contributed by atoms with Crippen molar-refractivity contribution < 1.29 is 14.3 Å². The van der Waals surface area contributed by atoms with Gasteiger partial charge < -0.3 is 10.4 Å². The van der Waals surface area contributed by atoms with Gasteiger partial charge in [-0.15, -0.1) is 0 Å². The summed E-state index contributed by atoms with van der Waals surface area (Å²) in [6.45, 7) is -0.0248. The van der Waals surface area contributed by atoms with Crippen LogP contribution in [-0.4, -0.2) is 44.3 Å². The zero-order valence-electron chi connectivity index (χ0n) is 17.2. The van der Waals surface area contributed by atoms with Crippen LogP contribution in [0.5, 0.6) is 0 Å². The first kappa shape index (κ1) is 20.9. The maximum absolute atomic E-state index is 14.5. The lowest BCUT2D eigenvalue weighted by Gasteiger charge is -2.46. The van der Waals surface area contributed by atoms with E-state index in [0.717, 1.165) is 42.6 Å². The number of halogens is 2. The third-order valence-electron chi connectivity index (χ3n) is 6.52. The SMILES string of the molecule is O=C(NCCO)c1nccc([C@]23CC[C@H](CC2)c2cc(-c4c(F)cccc4Cl)nnc23)n1. The van der Waals surface area contributed by atoms with E-state index in [1.807, 2.05) is 12.1 Å². The van der Waals surface area contributed by atoms with Crippen LogP contribution in [0, 0.1) is 5.82 Å². The molecule has 3 aliphatic rings. The molecule has 1 amide bonds. The van der Waals surface area contributed by atoms with Gasteiger partial charge in [-0.2, -0.15) is 10.2 Å². The van der Waals surface area contributed by atoms with Gasteiger partial charge in [-0.05, 0) is 61.4 Å². The molecule has 2 aromatic heterocycles. The number of hydrogen-bond acceptors (Lipinski definition) is 6. The Labute approximate surface area is 189 Å². The highest BCUT2D eigenvalue weighted by molar-refractivity contribution is 6.33. The highest BCUT2D eigenvalue weighted by Gasteiger charge is 2.48. The minimum Gasteiger partial charge on any atom is -0.395 e. The monoisotopic (exact) mass is 453 g/mol. The van der Waals surface area contributed by atoms with Crippen molar-refractivity contribution in [2.24, 2.45) is 0 Å². The first-order valence-corrected chi connectivity index (χ1v) is 11.0. The summed E-state index contributed by atoms with van der Waals surface area (Å²) in [7, 11) is 0. The Morgan fingerprint density at radius 2 is 2.06 bits per heavy atom. The number of benzene rings is 1. The molecule has 1 aromatic carbocycles. The summed E-state index contributed by atoms with van der Waals surface area (Å²) in [5, 5.41) is 20.7. The summed E-state index contributed by atoms with van der Waals surface area (Å²) in [6, 6.07) is 8.29. The molecule has 0 saturated heterocycles. The van der Waals surface area contributed by atoms with E-state index in [-0.39, 0.29) is 24.5 Å². The van der Waals surface area contributed by atoms with E-state index < -0.39 is 17.1 Å². The van der Waals surface area contributed by atoms with Crippen LogP contribution >= 0.6 is 11.6 Å². The molecule has 3 aromatic rings. The highest BCUT2D eigenvalue weighted by Crippen LogP contribution is 2.55. The van der Waals surface area contributed by atoms with Gasteiger partial charge in [-0.25, -0.2) is 14.4 Å². The van der Waals surface area contributed by atoms with Crippen LogP contribution in [0.2, 0.25) is 5.02 Å². The molecule has 6 rings (SSSR count). The van der Waals surface area contributed by atoms with Gasteiger partial charge in [0.1, 0.15) is 5.82 Å². The first-order valence-electron chi connectivity index (χ1n) is 10.6. The number of hydrogen-bond donors (Lipinski definition) is 2. The van der Waals surface area contributed by atoms with Crippen LogP contribution < -0.4 is 5.32 Å². The second-order valence-electron chi connectivity index (χ2n) is 8.23. The van der Waals surface area contributed by atoms with Gasteiger partial charge in [0.25, 0.3) is 5.91 Å². The summed E-state index contributed by atoms with van der Waals surface area (Å²) in [5.74, 6) is -0.488. The minimum atomic E-state index is -0.469. The van der Waals surface area contributed by atoms with Gasteiger partial charge in [-0.3, -0.25) is 4.79 Å². The molecule has 32 heavy (non-hydrogen) atoms. The Kier molecular flexibility index (Phi) is 5.35. The minimum absolute atomic E-state index is 0.0577. The van der Waals surface area contributed by atoms with Crippen molar-refractivity contribution >= 4 is 17.5 Å². The fraction of sp³-hybridized carbons (Fsp3) is 0.348. The molecule has 2 N–H and O–H groups in total. The fourth-order valence-electron chi connectivity index (χ4n) is 4.97. The first-order chi connectivity index (χ1) is 15.5. The predicted molar refractivity (Wildman–Crippen MR) is 116 cm³/mol. The van der Waals surface area contributed by atoms with Crippen LogP contribution in [0.1, 0.15) is 59.2 Å². The molecular weight excluding hydrogens is 433 g/mol. The Bertz CT molecular complexity index is 1180. The Balaban J connectivity index is 1.58. The normalized spacial score (nSPS) is 21.3. The molecule has 0 atom stereocenters. The van der Waals surface area contributed by atoms with Crippen LogP contribution in [0.3, 0.4) is 0 Å². The highest BCUT2D eigenvalue weighted by atomic mass is 35.5. The van der Waals surface area contributed by atoms with Gasteiger partial charge in [-0.1, -0.05) is 17.7 Å². The van der Waals surface area contributed by atoms with Crippen molar-refractivity contribution in [1.82, 2.24) is 25.5 Å². The molecule has 9 heteroatoms. The van der Waals surface area contributed by atoms with Crippen molar-refractivity contribution in [1.29, 1.82) is 0 Å². The molecule has 0 spiro atoms. The number of aliphatic hydroxyl groups is 1. The van der Waals surface area contributed by atoms with Crippen LogP contribution in [0.25, 0.3) is 11.3 Å². The van der Waals surface area contributed by atoms with E-state index in [1.165, 1.54) is 6.07 Å². The van der Waals surface area contributed by atoms with E-state index in [4.69, 9.17) is 16.7 Å². The number of fused-ring (bicyclic) bond motifs is 2. The van der Waals surface area contributed by atoms with Crippen molar-refractivity contribution in [3.05, 3.63) is 70.1 Å². The molecule has 1 fully saturated rings. The summed E-state index contributed by atoms with van der Waals surface area (Å²) in [6.07, 6.45) is 5.15. The lowest BCUT2D eigenvalue weighted by atomic mass is 9.58. The Morgan fingerprint density at radius 1 is 1.25 bits per heavy atom. The third-order valence-corrected chi connectivity index (χ3v) is 6.84. The predicted octanol–water partition coefficient (Wildman–Crippen LogP) is 3.41. The molecule has 1 saturated carbocycles. The number of carbonyl (C=O) groups excluding carboxylic acids is 1. The fourth-order valence-corrected chi connectivity index (χ4v) is 5.23. The van der Waals surface area contributed by atoms with E-state index in [0.29, 0.717) is 16.6 Å². The number of nitrogens with one attached hydrogen (secondary N) is 1. The van der Waals surface area contributed by atoms with E-state index in [1.54, 1.807) is 18.3 Å². The molecule has 0 radical (unpaired) electrons. The Hall–Kier alpha value is -2.97. The van der Waals surface area contributed by atoms with E-state index in [9.17, 15) is 9.18 Å². The third kappa shape index (κ3) is 3.34. The second-order valence-corrected chi connectivity index (χ2v) is 8.64. The van der Waals surface area contributed by atoms with E-state index >= 15 is 0 Å². The molecule has 0 unspecified atom stereocenters. The quantitative estimate of drug-likeness (QED) is 0.614. The molecular formula is C23H21ClFN5O2. The maximum atomic E-state index is 14.5. The average molecular weight is 454 g/mol. The maximum Gasteiger partial charge on any atom is 0.289 e. The van der Waals surface area contributed by atoms with Gasteiger partial charge in [0.2, 0.25) is 5.82 Å². The van der Waals surface area contributed by atoms with Crippen LogP contribution in [0.4, 0.5) is 4.39 Å². The number of aliphatic hydroxyl groups excluding tert-OH is 1. The molecule has 7 nitrogen and oxygen atoms in total. The summed E-state index contributed by atoms with van der Waals surface area (Å²) in [4.78, 5) is 21.0. The van der Waals surface area contributed by atoms with Crippen molar-refractivity contribution in [3.8, 4) is 11.3 Å². The largest absolute Gasteiger partial charge is 0.395 e. The van der Waals surface area contributed by atoms with Crippen LogP contribution in [0.15, 0.2) is 36.5 Å². The lowest BCUT2D eigenvalue weighted by molar-refractivity contribution is 0.0933. The average Bonchev–Trinajstić information content (AvgIpc) is 2.83. The van der Waals surface area contributed by atoms with Crippen LogP contribution in [-0.2, 0) is 5.41 Å². The van der Waals surface area contributed by atoms with Gasteiger partial charge in [0.15, 0.2) is 0 Å². The van der Waals surface area contributed by atoms with Gasteiger partial charge in [0, 0.05) is 12.7 Å². The molecule has 0 aliphatic heterocycles. The van der Waals surface area contributed by atoms with Gasteiger partial charge in [0.05, 0.1) is 39.7 Å². The summed E-state index contributed by atoms with van der Waals surface area (Å²) >= 11 is 6.25. The van der Waals surface area contributed by atoms with Crippen molar-refractivity contribution in [2.45, 2.75) is 37.0 Å². The lowest BCUT2D eigenvalue weighted by Crippen LogP contribution is -2.41. The van der Waals surface area contributed by atoms with Gasteiger partial charge >= 0.3 is 0 Å². The Morgan fingerprint density at radius 3 is 2.81 bits per heavy atom. The van der Waals surface area contributed by atoms with Crippen molar-refractivity contribution in [2.75, 3.05) is 13.2 Å². The number of amides is 1. The second kappa shape index (κ2) is 8.18. The number of nitrogens with zero attached hydrogens (tertiary/aromatic N) is 4. The summed E-state index contributed by atoms with van der Waals surface area (Å²) < 4.78 is 14.5. The summed E-state index contributed by atoms with van der Waals surface area (Å²) in [5.41, 5.74) is 2.80. The molecule has 2 bridgehead atoms. The molecule has 164 valence electrons. The standard InChI is InChI=1S/C23H21ClFN5O2/c24-15-2-1-3-16(25)19(15)17-12-14-13-4-7-23(8-5-13,20(14)30-29-17)18-6-9-26-21(28-18)22(32)27-10-11-31/h1-3,6,9,12-13,31H,4-5,7-8,10-11H2,(H,27,32)/t13-,23+. The van der Waals surface area contributed by atoms with E-state index in [2.05, 4.69) is 25.5 Å². The number of rotatable bonds is 5. The molecule has 3 aliphatic carbocycles.